The first-order chi connectivity index (χ1) is 9.81. The summed E-state index contributed by atoms with van der Waals surface area (Å²) in [5.74, 6) is 1.70. The van der Waals surface area contributed by atoms with E-state index in [-0.39, 0.29) is 6.10 Å². The van der Waals surface area contributed by atoms with Crippen molar-refractivity contribution in [2.24, 2.45) is 23.0 Å². The highest BCUT2D eigenvalue weighted by Gasteiger charge is 2.36. The number of benzene rings is 1. The standard InChI is InChI=1S/C17H25Cl2NO/c1-17(2,3)12-5-4-11(10-20)15(8-12)21-16-9-13(18)6-7-14(16)19/h6-7,9,11-12,15H,4-5,8,10,20H2,1-3H3. The second-order valence-corrected chi connectivity index (χ2v) is 7.95. The zero-order chi connectivity index (χ0) is 15.6. The van der Waals surface area contributed by atoms with E-state index in [0.717, 1.165) is 12.8 Å². The number of hydrogen-bond acceptors (Lipinski definition) is 2. The Morgan fingerprint density at radius 1 is 1.24 bits per heavy atom. The number of rotatable bonds is 3. The molecule has 0 spiro atoms. The quantitative estimate of drug-likeness (QED) is 0.830. The predicted molar refractivity (Wildman–Crippen MR) is 90.2 cm³/mol. The average molecular weight is 330 g/mol. The Morgan fingerprint density at radius 2 is 1.95 bits per heavy atom. The molecule has 0 heterocycles. The Kier molecular flexibility index (Phi) is 5.45. The van der Waals surface area contributed by atoms with Crippen LogP contribution in [0.3, 0.4) is 0 Å². The summed E-state index contributed by atoms with van der Waals surface area (Å²) >= 11 is 12.3. The molecule has 0 aliphatic heterocycles. The second kappa shape index (κ2) is 6.76. The van der Waals surface area contributed by atoms with Gasteiger partial charge in [0.15, 0.2) is 0 Å². The van der Waals surface area contributed by atoms with E-state index in [1.165, 1.54) is 6.42 Å². The molecular formula is C17H25Cl2NO. The SMILES string of the molecule is CC(C)(C)C1CCC(CN)C(Oc2cc(Cl)ccc2Cl)C1. The molecule has 118 valence electrons. The fraction of sp³-hybridized carbons (Fsp3) is 0.647. The first kappa shape index (κ1) is 16.9. The average Bonchev–Trinajstić information content (AvgIpc) is 2.42. The van der Waals surface area contributed by atoms with Crippen molar-refractivity contribution in [2.75, 3.05) is 6.54 Å². The Morgan fingerprint density at radius 3 is 2.57 bits per heavy atom. The topological polar surface area (TPSA) is 35.2 Å². The van der Waals surface area contributed by atoms with Gasteiger partial charge in [-0.25, -0.2) is 0 Å². The molecule has 0 aromatic heterocycles. The maximum Gasteiger partial charge on any atom is 0.139 e. The molecule has 4 heteroatoms. The molecule has 2 rings (SSSR count). The van der Waals surface area contributed by atoms with Crippen LogP contribution in [0.25, 0.3) is 0 Å². The van der Waals surface area contributed by atoms with Crippen molar-refractivity contribution in [3.05, 3.63) is 28.2 Å². The van der Waals surface area contributed by atoms with Gasteiger partial charge in [0.2, 0.25) is 0 Å². The summed E-state index contributed by atoms with van der Waals surface area (Å²) in [6.07, 6.45) is 3.47. The largest absolute Gasteiger partial charge is 0.488 e. The Hall–Kier alpha value is -0.440. The van der Waals surface area contributed by atoms with Crippen molar-refractivity contribution in [2.45, 2.75) is 46.1 Å². The van der Waals surface area contributed by atoms with Gasteiger partial charge in [0.05, 0.1) is 5.02 Å². The summed E-state index contributed by atoms with van der Waals surface area (Å²) in [5.41, 5.74) is 6.22. The summed E-state index contributed by atoms with van der Waals surface area (Å²) in [4.78, 5) is 0. The van der Waals surface area contributed by atoms with Gasteiger partial charge in [0, 0.05) is 17.0 Å². The van der Waals surface area contributed by atoms with Gasteiger partial charge in [-0.1, -0.05) is 44.0 Å². The van der Waals surface area contributed by atoms with Crippen LogP contribution in [0, 0.1) is 17.3 Å². The highest BCUT2D eigenvalue weighted by atomic mass is 35.5. The maximum absolute atomic E-state index is 6.22. The molecule has 0 saturated heterocycles. The highest BCUT2D eigenvalue weighted by molar-refractivity contribution is 6.34. The molecule has 0 radical (unpaired) electrons. The van der Waals surface area contributed by atoms with E-state index in [1.54, 1.807) is 18.2 Å². The zero-order valence-electron chi connectivity index (χ0n) is 13.0. The van der Waals surface area contributed by atoms with E-state index in [1.807, 2.05) is 0 Å². The van der Waals surface area contributed by atoms with Crippen LogP contribution in [-0.4, -0.2) is 12.6 Å². The maximum atomic E-state index is 6.22. The molecule has 21 heavy (non-hydrogen) atoms. The highest BCUT2D eigenvalue weighted by Crippen LogP contribution is 2.42. The van der Waals surface area contributed by atoms with E-state index in [4.69, 9.17) is 33.7 Å². The van der Waals surface area contributed by atoms with Crippen LogP contribution >= 0.6 is 23.2 Å². The van der Waals surface area contributed by atoms with Crippen LogP contribution in [0.1, 0.15) is 40.0 Å². The lowest BCUT2D eigenvalue weighted by Crippen LogP contribution is -2.41. The molecule has 1 aromatic carbocycles. The summed E-state index contributed by atoms with van der Waals surface area (Å²) in [6, 6.07) is 5.34. The van der Waals surface area contributed by atoms with Crippen molar-refractivity contribution in [1.29, 1.82) is 0 Å². The lowest BCUT2D eigenvalue weighted by Gasteiger charge is -2.41. The Labute approximate surface area is 137 Å². The molecule has 1 aliphatic rings. The van der Waals surface area contributed by atoms with Gasteiger partial charge in [-0.3, -0.25) is 0 Å². The molecule has 2 N–H and O–H groups in total. The van der Waals surface area contributed by atoms with Crippen LogP contribution in [0.4, 0.5) is 0 Å². The molecule has 1 aromatic rings. The molecule has 3 unspecified atom stereocenters. The van der Waals surface area contributed by atoms with E-state index in [2.05, 4.69) is 20.8 Å². The van der Waals surface area contributed by atoms with Crippen LogP contribution in [0.5, 0.6) is 5.75 Å². The van der Waals surface area contributed by atoms with E-state index >= 15 is 0 Å². The lowest BCUT2D eigenvalue weighted by atomic mass is 9.68. The molecule has 0 amide bonds. The molecular weight excluding hydrogens is 305 g/mol. The summed E-state index contributed by atoms with van der Waals surface area (Å²) in [6.45, 7) is 7.54. The van der Waals surface area contributed by atoms with Gasteiger partial charge in [-0.05, 0) is 49.3 Å². The van der Waals surface area contributed by atoms with E-state index in [0.29, 0.717) is 39.6 Å². The van der Waals surface area contributed by atoms with Crippen LogP contribution in [0.15, 0.2) is 18.2 Å². The molecule has 3 atom stereocenters. The molecule has 0 bridgehead atoms. The second-order valence-electron chi connectivity index (χ2n) is 7.10. The molecule has 2 nitrogen and oxygen atoms in total. The summed E-state index contributed by atoms with van der Waals surface area (Å²) < 4.78 is 6.20. The van der Waals surface area contributed by atoms with Crippen molar-refractivity contribution < 1.29 is 4.74 Å². The Bertz CT molecular complexity index is 484. The van der Waals surface area contributed by atoms with Crippen LogP contribution < -0.4 is 10.5 Å². The normalized spacial score (nSPS) is 26.7. The Balaban J connectivity index is 2.16. The fourth-order valence-electron chi connectivity index (χ4n) is 3.12. The minimum atomic E-state index is 0.115. The monoisotopic (exact) mass is 329 g/mol. The molecule has 1 fully saturated rings. The fourth-order valence-corrected chi connectivity index (χ4v) is 3.45. The third-order valence-corrected chi connectivity index (χ3v) is 5.17. The van der Waals surface area contributed by atoms with Gasteiger partial charge in [0.25, 0.3) is 0 Å². The number of nitrogens with two attached hydrogens (primary N) is 1. The molecule has 1 aliphatic carbocycles. The summed E-state index contributed by atoms with van der Waals surface area (Å²) in [5, 5.41) is 1.25. The third kappa shape index (κ3) is 4.28. The minimum absolute atomic E-state index is 0.115. The lowest BCUT2D eigenvalue weighted by molar-refractivity contribution is 0.0332. The van der Waals surface area contributed by atoms with E-state index < -0.39 is 0 Å². The molecule has 1 saturated carbocycles. The van der Waals surface area contributed by atoms with E-state index in [9.17, 15) is 0 Å². The summed E-state index contributed by atoms with van der Waals surface area (Å²) in [7, 11) is 0. The van der Waals surface area contributed by atoms with Gasteiger partial charge in [-0.15, -0.1) is 0 Å². The van der Waals surface area contributed by atoms with Crippen molar-refractivity contribution in [3.8, 4) is 5.75 Å². The predicted octanol–water partition coefficient (Wildman–Crippen LogP) is 5.16. The van der Waals surface area contributed by atoms with Crippen molar-refractivity contribution in [3.63, 3.8) is 0 Å². The van der Waals surface area contributed by atoms with Crippen molar-refractivity contribution in [1.82, 2.24) is 0 Å². The smallest absolute Gasteiger partial charge is 0.139 e. The van der Waals surface area contributed by atoms with Crippen molar-refractivity contribution >= 4 is 23.2 Å². The third-order valence-electron chi connectivity index (χ3n) is 4.63. The first-order valence-electron chi connectivity index (χ1n) is 7.63. The first-order valence-corrected chi connectivity index (χ1v) is 8.38. The zero-order valence-corrected chi connectivity index (χ0v) is 14.5. The van der Waals surface area contributed by atoms with Crippen LogP contribution in [0.2, 0.25) is 10.0 Å². The van der Waals surface area contributed by atoms with Gasteiger partial charge < -0.3 is 10.5 Å². The van der Waals surface area contributed by atoms with Gasteiger partial charge >= 0.3 is 0 Å². The number of hydrogen-bond donors (Lipinski definition) is 1. The van der Waals surface area contributed by atoms with Crippen LogP contribution in [-0.2, 0) is 0 Å². The number of halogens is 2. The van der Waals surface area contributed by atoms with Gasteiger partial charge in [-0.2, -0.15) is 0 Å². The number of ether oxygens (including phenoxy) is 1. The minimum Gasteiger partial charge on any atom is -0.488 e. The van der Waals surface area contributed by atoms with Gasteiger partial charge in [0.1, 0.15) is 11.9 Å².